The molecule has 2 aliphatic rings. The predicted molar refractivity (Wildman–Crippen MR) is 91.6 cm³/mol. The molecule has 0 aliphatic carbocycles. The topological polar surface area (TPSA) is 73.5 Å². The molecule has 4 rings (SSSR count). The lowest BCUT2D eigenvalue weighted by molar-refractivity contribution is -0.119. The molecule has 1 aromatic heterocycles. The van der Waals surface area contributed by atoms with Gasteiger partial charge in [0.1, 0.15) is 12.8 Å². The highest BCUT2D eigenvalue weighted by Gasteiger charge is 2.27. The van der Waals surface area contributed by atoms with Gasteiger partial charge in [-0.25, -0.2) is 9.36 Å². The number of aromatic nitrogens is 2. The molecule has 0 bridgehead atoms. The molecule has 1 amide bonds. The van der Waals surface area contributed by atoms with Crippen molar-refractivity contribution in [2.75, 3.05) is 18.1 Å². The van der Waals surface area contributed by atoms with Crippen molar-refractivity contribution >= 4 is 11.6 Å². The fraction of sp³-hybridized carbons (Fsp3) is 0.389. The number of halogens is 1. The van der Waals surface area contributed by atoms with Crippen LogP contribution in [0.3, 0.4) is 0 Å². The predicted octanol–water partition coefficient (Wildman–Crippen LogP) is 1.05. The number of ether oxygens (including phenoxy) is 1. The molecule has 1 unspecified atom stereocenters. The molecule has 7 nitrogen and oxygen atoms in total. The van der Waals surface area contributed by atoms with E-state index in [0.29, 0.717) is 30.6 Å². The molecule has 0 spiro atoms. The number of hydrogen-bond donors (Lipinski definition) is 0. The van der Waals surface area contributed by atoms with Crippen LogP contribution < -0.4 is 16.1 Å². The van der Waals surface area contributed by atoms with Gasteiger partial charge in [-0.3, -0.25) is 14.2 Å². The van der Waals surface area contributed by atoms with Crippen LogP contribution in [0.25, 0.3) is 0 Å². The Hall–Kier alpha value is -2.74. The second-order valence-electron chi connectivity index (χ2n) is 6.45. The first-order valence-corrected chi connectivity index (χ1v) is 8.57. The van der Waals surface area contributed by atoms with Crippen molar-refractivity contribution in [1.29, 1.82) is 0 Å². The van der Waals surface area contributed by atoms with Gasteiger partial charge in [-0.05, 0) is 30.9 Å². The third kappa shape index (κ3) is 2.76. The van der Waals surface area contributed by atoms with Crippen LogP contribution >= 0.6 is 0 Å². The molecular weight excluding hydrogens is 341 g/mol. The highest BCUT2D eigenvalue weighted by Crippen LogP contribution is 2.27. The minimum Gasteiger partial charge on any atom is -0.358 e. The van der Waals surface area contributed by atoms with Crippen molar-refractivity contribution in [3.63, 3.8) is 0 Å². The van der Waals surface area contributed by atoms with Crippen LogP contribution in [0.4, 0.5) is 10.1 Å². The Kier molecular flexibility index (Phi) is 4.20. The van der Waals surface area contributed by atoms with Crippen LogP contribution in [-0.2, 0) is 22.5 Å². The second-order valence-corrected chi connectivity index (χ2v) is 6.45. The molecule has 26 heavy (non-hydrogen) atoms. The number of hydrogen-bond acceptors (Lipinski definition) is 4. The van der Waals surface area contributed by atoms with Gasteiger partial charge in [0.05, 0.1) is 6.20 Å². The molecular formula is C18H18FN3O4. The number of nitrogens with zero attached hydrogens (tertiary/aromatic N) is 3. The van der Waals surface area contributed by atoms with Gasteiger partial charge in [-0.15, -0.1) is 0 Å². The monoisotopic (exact) mass is 359 g/mol. The number of anilines is 1. The van der Waals surface area contributed by atoms with Gasteiger partial charge >= 0.3 is 5.69 Å². The minimum absolute atomic E-state index is 0.418. The van der Waals surface area contributed by atoms with Crippen molar-refractivity contribution in [1.82, 2.24) is 9.13 Å². The van der Waals surface area contributed by atoms with Gasteiger partial charge in [-0.1, -0.05) is 18.2 Å². The quantitative estimate of drug-likeness (QED) is 0.821. The Labute approximate surface area is 148 Å². The number of amides is 1. The second kappa shape index (κ2) is 6.53. The van der Waals surface area contributed by atoms with Gasteiger partial charge in [0.15, 0.2) is 0 Å². The van der Waals surface area contributed by atoms with E-state index in [2.05, 4.69) is 0 Å². The summed E-state index contributed by atoms with van der Waals surface area (Å²) < 4.78 is 21.2. The summed E-state index contributed by atoms with van der Waals surface area (Å²) in [5.74, 6) is -1.49. The number of carbonyl (C=O) groups is 1. The normalized spacial score (nSPS) is 19.0. The number of para-hydroxylation sites is 1. The van der Waals surface area contributed by atoms with E-state index in [1.807, 2.05) is 24.3 Å². The van der Waals surface area contributed by atoms with E-state index in [1.165, 1.54) is 4.90 Å². The third-order valence-corrected chi connectivity index (χ3v) is 4.85. The maximum atomic E-state index is 14.1. The molecule has 2 aliphatic heterocycles. The van der Waals surface area contributed by atoms with Crippen LogP contribution in [0, 0.1) is 5.82 Å². The van der Waals surface area contributed by atoms with E-state index in [1.54, 1.807) is 0 Å². The minimum atomic E-state index is -1.09. The first-order valence-electron chi connectivity index (χ1n) is 8.57. The summed E-state index contributed by atoms with van der Waals surface area (Å²) in [6.45, 7) is 0.444. The SMILES string of the molecule is O=C(Cn1c(=O)c(F)cn(C2CCCO2)c1=O)N1CCc2ccccc21. The summed E-state index contributed by atoms with van der Waals surface area (Å²) in [4.78, 5) is 39.0. The largest absolute Gasteiger partial charge is 0.358 e. The van der Waals surface area contributed by atoms with E-state index in [-0.39, 0.29) is 0 Å². The lowest BCUT2D eigenvalue weighted by atomic mass is 10.2. The summed E-state index contributed by atoms with van der Waals surface area (Å²) in [7, 11) is 0. The molecule has 136 valence electrons. The molecule has 0 N–H and O–H groups in total. The summed E-state index contributed by atoms with van der Waals surface area (Å²) in [5, 5.41) is 0. The zero-order valence-corrected chi connectivity index (χ0v) is 14.1. The van der Waals surface area contributed by atoms with Gasteiger partial charge in [0, 0.05) is 18.8 Å². The molecule has 8 heteroatoms. The maximum Gasteiger partial charge on any atom is 0.333 e. The van der Waals surface area contributed by atoms with Gasteiger partial charge in [0.25, 0.3) is 5.56 Å². The summed E-state index contributed by atoms with van der Waals surface area (Å²) in [6, 6.07) is 7.47. The summed E-state index contributed by atoms with van der Waals surface area (Å²) in [6.07, 6.45) is 2.28. The Morgan fingerprint density at radius 2 is 2.08 bits per heavy atom. The Morgan fingerprint density at radius 1 is 1.27 bits per heavy atom. The average Bonchev–Trinajstić information content (AvgIpc) is 3.31. The molecule has 3 heterocycles. The maximum absolute atomic E-state index is 14.1. The van der Waals surface area contributed by atoms with Crippen molar-refractivity contribution in [2.45, 2.75) is 32.0 Å². The van der Waals surface area contributed by atoms with E-state index >= 15 is 0 Å². The summed E-state index contributed by atoms with van der Waals surface area (Å²) in [5.41, 5.74) is -0.0279. The molecule has 1 atom stereocenters. The fourth-order valence-corrected chi connectivity index (χ4v) is 3.53. The van der Waals surface area contributed by atoms with Crippen LogP contribution in [0.2, 0.25) is 0 Å². The lowest BCUT2D eigenvalue weighted by Crippen LogP contribution is -2.46. The Balaban J connectivity index is 1.67. The first-order chi connectivity index (χ1) is 12.6. The Morgan fingerprint density at radius 3 is 2.85 bits per heavy atom. The molecule has 2 aromatic rings. The molecule has 0 radical (unpaired) electrons. The van der Waals surface area contributed by atoms with Crippen molar-refractivity contribution in [2.24, 2.45) is 0 Å². The standard InChI is InChI=1S/C18H18FN3O4/c19-13-10-21(16-6-3-9-26-16)18(25)22(17(13)24)11-15(23)20-8-7-12-4-1-2-5-14(12)20/h1-2,4-5,10,16H,3,6-9,11H2. The molecule has 1 saturated heterocycles. The molecule has 1 aromatic carbocycles. The van der Waals surface area contributed by atoms with E-state index < -0.39 is 35.7 Å². The highest BCUT2D eigenvalue weighted by atomic mass is 19.1. The van der Waals surface area contributed by atoms with E-state index in [0.717, 1.165) is 28.4 Å². The molecule has 0 saturated carbocycles. The van der Waals surface area contributed by atoms with Crippen molar-refractivity contribution < 1.29 is 13.9 Å². The Bertz CT molecular complexity index is 975. The van der Waals surface area contributed by atoms with Crippen LogP contribution in [-0.4, -0.2) is 28.2 Å². The fourth-order valence-electron chi connectivity index (χ4n) is 3.53. The summed E-state index contributed by atoms with van der Waals surface area (Å²) >= 11 is 0. The molecule has 1 fully saturated rings. The van der Waals surface area contributed by atoms with Gasteiger partial charge < -0.3 is 9.64 Å². The zero-order chi connectivity index (χ0) is 18.3. The number of benzene rings is 1. The van der Waals surface area contributed by atoms with Crippen LogP contribution in [0.5, 0.6) is 0 Å². The number of carbonyl (C=O) groups excluding carboxylic acids is 1. The van der Waals surface area contributed by atoms with E-state index in [9.17, 15) is 18.8 Å². The third-order valence-electron chi connectivity index (χ3n) is 4.85. The smallest absolute Gasteiger partial charge is 0.333 e. The number of fused-ring (bicyclic) bond motifs is 1. The first kappa shape index (κ1) is 16.7. The van der Waals surface area contributed by atoms with Crippen LogP contribution in [0.15, 0.2) is 40.1 Å². The zero-order valence-electron chi connectivity index (χ0n) is 14.1. The van der Waals surface area contributed by atoms with Crippen LogP contribution in [0.1, 0.15) is 24.6 Å². The van der Waals surface area contributed by atoms with E-state index in [4.69, 9.17) is 4.74 Å². The average molecular weight is 359 g/mol. The highest BCUT2D eigenvalue weighted by molar-refractivity contribution is 5.95. The van der Waals surface area contributed by atoms with Gasteiger partial charge in [0.2, 0.25) is 11.7 Å². The lowest BCUT2D eigenvalue weighted by Gasteiger charge is -2.19. The van der Waals surface area contributed by atoms with Gasteiger partial charge in [-0.2, -0.15) is 4.39 Å². The van der Waals surface area contributed by atoms with Crippen molar-refractivity contribution in [3.05, 3.63) is 62.7 Å². The number of rotatable bonds is 3. The van der Waals surface area contributed by atoms with Crippen molar-refractivity contribution in [3.8, 4) is 0 Å².